The molecule has 0 radical (unpaired) electrons. The molecule has 3 nitrogen and oxygen atoms in total. The Kier molecular flexibility index (Phi) is 3.88. The molecular formula is C17H14N2OS. The SMILES string of the molecule is O=C(Cc1ccc(S)cc1)Nc1cccc2ncccc12. The fourth-order valence-electron chi connectivity index (χ4n) is 2.21. The molecule has 0 atom stereocenters. The first-order valence-corrected chi connectivity index (χ1v) is 7.08. The number of nitrogens with zero attached hydrogens (tertiary/aromatic N) is 1. The molecule has 0 aliphatic carbocycles. The van der Waals surface area contributed by atoms with Gasteiger partial charge < -0.3 is 5.32 Å². The molecule has 0 aliphatic rings. The van der Waals surface area contributed by atoms with Crippen molar-refractivity contribution in [2.75, 3.05) is 5.32 Å². The average Bonchev–Trinajstić information content (AvgIpc) is 2.50. The van der Waals surface area contributed by atoms with Gasteiger partial charge in [-0.1, -0.05) is 18.2 Å². The molecule has 1 aromatic heterocycles. The number of carbonyl (C=O) groups excluding carboxylic acids is 1. The van der Waals surface area contributed by atoms with E-state index in [4.69, 9.17) is 0 Å². The van der Waals surface area contributed by atoms with E-state index in [2.05, 4.69) is 22.9 Å². The number of fused-ring (bicyclic) bond motifs is 1. The van der Waals surface area contributed by atoms with Crippen LogP contribution in [0, 0.1) is 0 Å². The number of pyridine rings is 1. The lowest BCUT2D eigenvalue weighted by Crippen LogP contribution is -2.14. The van der Waals surface area contributed by atoms with E-state index < -0.39 is 0 Å². The Morgan fingerprint density at radius 3 is 2.67 bits per heavy atom. The monoisotopic (exact) mass is 294 g/mol. The maximum absolute atomic E-state index is 12.2. The summed E-state index contributed by atoms with van der Waals surface area (Å²) in [4.78, 5) is 17.3. The molecule has 3 rings (SSSR count). The Hall–Kier alpha value is -2.33. The van der Waals surface area contributed by atoms with E-state index >= 15 is 0 Å². The summed E-state index contributed by atoms with van der Waals surface area (Å²) in [6.45, 7) is 0. The number of anilines is 1. The Balaban J connectivity index is 1.79. The highest BCUT2D eigenvalue weighted by Crippen LogP contribution is 2.21. The molecule has 3 aromatic rings. The van der Waals surface area contributed by atoms with Crippen LogP contribution in [0.25, 0.3) is 10.9 Å². The minimum absolute atomic E-state index is 0.0433. The molecule has 0 aliphatic heterocycles. The third-order valence-electron chi connectivity index (χ3n) is 3.22. The molecule has 0 unspecified atom stereocenters. The van der Waals surface area contributed by atoms with Gasteiger partial charge in [-0.3, -0.25) is 9.78 Å². The van der Waals surface area contributed by atoms with E-state index in [1.807, 2.05) is 54.6 Å². The Morgan fingerprint density at radius 2 is 1.86 bits per heavy atom. The first-order chi connectivity index (χ1) is 10.2. The van der Waals surface area contributed by atoms with Crippen LogP contribution in [0.3, 0.4) is 0 Å². The molecule has 0 saturated carbocycles. The fourth-order valence-corrected chi connectivity index (χ4v) is 2.36. The van der Waals surface area contributed by atoms with Crippen molar-refractivity contribution in [3.8, 4) is 0 Å². The average molecular weight is 294 g/mol. The van der Waals surface area contributed by atoms with Crippen LogP contribution in [0.2, 0.25) is 0 Å². The smallest absolute Gasteiger partial charge is 0.228 e. The van der Waals surface area contributed by atoms with E-state index in [1.165, 1.54) is 0 Å². The normalized spacial score (nSPS) is 10.5. The number of hydrogen-bond acceptors (Lipinski definition) is 3. The molecule has 4 heteroatoms. The second kappa shape index (κ2) is 5.97. The van der Waals surface area contributed by atoms with Crippen LogP contribution in [0.1, 0.15) is 5.56 Å². The lowest BCUT2D eigenvalue weighted by atomic mass is 10.1. The van der Waals surface area contributed by atoms with Gasteiger partial charge in [0, 0.05) is 16.5 Å². The van der Waals surface area contributed by atoms with Crippen LogP contribution in [0.4, 0.5) is 5.69 Å². The van der Waals surface area contributed by atoms with Crippen molar-refractivity contribution in [1.29, 1.82) is 0 Å². The fraction of sp³-hybridized carbons (Fsp3) is 0.0588. The molecule has 1 amide bonds. The summed E-state index contributed by atoms with van der Waals surface area (Å²) in [5.74, 6) is -0.0433. The van der Waals surface area contributed by atoms with E-state index in [-0.39, 0.29) is 5.91 Å². The molecule has 0 spiro atoms. The first kappa shape index (κ1) is 13.6. The zero-order chi connectivity index (χ0) is 14.7. The number of carbonyl (C=O) groups is 1. The number of thiol groups is 1. The van der Waals surface area contributed by atoms with Gasteiger partial charge in [0.15, 0.2) is 0 Å². The van der Waals surface area contributed by atoms with Gasteiger partial charge in [-0.15, -0.1) is 12.6 Å². The van der Waals surface area contributed by atoms with Crippen molar-refractivity contribution < 1.29 is 4.79 Å². The summed E-state index contributed by atoms with van der Waals surface area (Å²) in [6.07, 6.45) is 2.08. The zero-order valence-corrected chi connectivity index (χ0v) is 12.2. The van der Waals surface area contributed by atoms with Crippen LogP contribution in [0.5, 0.6) is 0 Å². The Labute approximate surface area is 128 Å². The highest BCUT2D eigenvalue weighted by Gasteiger charge is 2.07. The second-order valence-electron chi connectivity index (χ2n) is 4.77. The van der Waals surface area contributed by atoms with Gasteiger partial charge in [0.2, 0.25) is 5.91 Å². The van der Waals surface area contributed by atoms with Crippen LogP contribution in [-0.4, -0.2) is 10.9 Å². The highest BCUT2D eigenvalue weighted by molar-refractivity contribution is 7.80. The quantitative estimate of drug-likeness (QED) is 0.723. The minimum atomic E-state index is -0.0433. The van der Waals surface area contributed by atoms with Gasteiger partial charge in [0.25, 0.3) is 0 Å². The summed E-state index contributed by atoms with van der Waals surface area (Å²) >= 11 is 4.24. The number of benzene rings is 2. The van der Waals surface area contributed by atoms with Gasteiger partial charge in [-0.2, -0.15) is 0 Å². The summed E-state index contributed by atoms with van der Waals surface area (Å²) in [5, 5.41) is 3.89. The number of aromatic nitrogens is 1. The summed E-state index contributed by atoms with van der Waals surface area (Å²) in [5.41, 5.74) is 2.62. The van der Waals surface area contributed by atoms with E-state index in [0.29, 0.717) is 6.42 Å². The lowest BCUT2D eigenvalue weighted by molar-refractivity contribution is -0.115. The number of hydrogen-bond donors (Lipinski definition) is 2. The largest absolute Gasteiger partial charge is 0.325 e. The van der Waals surface area contributed by atoms with Crippen LogP contribution < -0.4 is 5.32 Å². The zero-order valence-electron chi connectivity index (χ0n) is 11.3. The molecule has 0 bridgehead atoms. The second-order valence-corrected chi connectivity index (χ2v) is 5.28. The molecule has 0 fully saturated rings. The molecule has 1 N–H and O–H groups in total. The van der Waals surface area contributed by atoms with Gasteiger partial charge in [0.05, 0.1) is 17.6 Å². The molecule has 2 aromatic carbocycles. The summed E-state index contributed by atoms with van der Waals surface area (Å²) in [6, 6.07) is 17.1. The maximum atomic E-state index is 12.2. The molecular weight excluding hydrogens is 280 g/mol. The molecule has 104 valence electrons. The van der Waals surface area contributed by atoms with Gasteiger partial charge in [0.1, 0.15) is 0 Å². The van der Waals surface area contributed by atoms with Gasteiger partial charge in [-0.25, -0.2) is 0 Å². The Bertz CT molecular complexity index is 779. The van der Waals surface area contributed by atoms with E-state index in [9.17, 15) is 4.79 Å². The predicted molar refractivity (Wildman–Crippen MR) is 87.8 cm³/mol. The summed E-state index contributed by atoms with van der Waals surface area (Å²) < 4.78 is 0. The third kappa shape index (κ3) is 3.23. The van der Waals surface area contributed by atoms with Crippen molar-refractivity contribution >= 4 is 35.1 Å². The summed E-state index contributed by atoms with van der Waals surface area (Å²) in [7, 11) is 0. The maximum Gasteiger partial charge on any atom is 0.228 e. The third-order valence-corrected chi connectivity index (χ3v) is 3.52. The predicted octanol–water partition coefficient (Wildman–Crippen LogP) is 3.70. The molecule has 21 heavy (non-hydrogen) atoms. The standard InChI is InChI=1S/C17H14N2OS/c20-17(11-12-6-8-13(21)9-7-12)19-16-5-1-4-15-14(16)3-2-10-18-15/h1-10,21H,11H2,(H,19,20). The molecule has 0 saturated heterocycles. The van der Waals surface area contributed by atoms with E-state index in [1.54, 1.807) is 6.20 Å². The van der Waals surface area contributed by atoms with Crippen LogP contribution in [-0.2, 0) is 11.2 Å². The Morgan fingerprint density at radius 1 is 1.05 bits per heavy atom. The van der Waals surface area contributed by atoms with Crippen molar-refractivity contribution in [3.05, 3.63) is 66.4 Å². The number of amides is 1. The van der Waals surface area contributed by atoms with Gasteiger partial charge >= 0.3 is 0 Å². The van der Waals surface area contributed by atoms with Crippen LogP contribution in [0.15, 0.2) is 65.7 Å². The van der Waals surface area contributed by atoms with Crippen molar-refractivity contribution in [2.45, 2.75) is 11.3 Å². The van der Waals surface area contributed by atoms with Crippen molar-refractivity contribution in [1.82, 2.24) is 4.98 Å². The number of nitrogens with one attached hydrogen (secondary N) is 1. The van der Waals surface area contributed by atoms with Crippen LogP contribution >= 0.6 is 12.6 Å². The van der Waals surface area contributed by atoms with Gasteiger partial charge in [-0.05, 0) is 42.0 Å². The number of rotatable bonds is 3. The topological polar surface area (TPSA) is 42.0 Å². The lowest BCUT2D eigenvalue weighted by Gasteiger charge is -2.08. The molecule has 1 heterocycles. The highest BCUT2D eigenvalue weighted by atomic mass is 32.1. The minimum Gasteiger partial charge on any atom is -0.325 e. The van der Waals surface area contributed by atoms with Crippen molar-refractivity contribution in [3.63, 3.8) is 0 Å². The first-order valence-electron chi connectivity index (χ1n) is 6.64. The van der Waals surface area contributed by atoms with Crippen molar-refractivity contribution in [2.24, 2.45) is 0 Å². The van der Waals surface area contributed by atoms with E-state index in [0.717, 1.165) is 27.0 Å².